The molecule has 0 bridgehead atoms. The van der Waals surface area contributed by atoms with Gasteiger partial charge in [-0.2, -0.15) is 0 Å². The minimum Gasteiger partial charge on any atom is -0.481 e. The van der Waals surface area contributed by atoms with Gasteiger partial charge in [0.25, 0.3) is 5.91 Å². The zero-order chi connectivity index (χ0) is 47.5. The van der Waals surface area contributed by atoms with Gasteiger partial charge in [-0.3, -0.25) is 38.8 Å². The molecule has 4 aromatic carbocycles. The van der Waals surface area contributed by atoms with Crippen molar-refractivity contribution in [3.63, 3.8) is 0 Å². The number of carbonyl (C=O) groups excluding carboxylic acids is 2. The molecule has 0 spiro atoms. The van der Waals surface area contributed by atoms with Crippen LogP contribution in [0.5, 0.6) is 0 Å². The number of aliphatic carboxylic acids is 2. The highest BCUT2D eigenvalue weighted by molar-refractivity contribution is 7.19. The van der Waals surface area contributed by atoms with Crippen LogP contribution < -0.4 is 9.80 Å². The predicted molar refractivity (Wildman–Crippen MR) is 254 cm³/mol. The largest absolute Gasteiger partial charge is 0.481 e. The number of hydrogen-bond donors (Lipinski definition) is 2. The summed E-state index contributed by atoms with van der Waals surface area (Å²) in [5.74, 6) is -4.60. The Kier molecular flexibility index (Phi) is 16.6. The molecule has 8 rings (SSSR count). The molecule has 2 aromatic heterocycles. The van der Waals surface area contributed by atoms with E-state index in [1.54, 1.807) is 4.90 Å². The summed E-state index contributed by atoms with van der Waals surface area (Å²) in [5, 5.41) is 37.3. The van der Waals surface area contributed by atoms with Crippen LogP contribution in [0.3, 0.4) is 0 Å². The van der Waals surface area contributed by atoms with Gasteiger partial charge in [-0.15, -0.1) is 20.4 Å². The molecule has 0 saturated carbocycles. The summed E-state index contributed by atoms with van der Waals surface area (Å²) in [4.78, 5) is 55.2. The molecule has 2 aliphatic heterocycles. The quantitative estimate of drug-likeness (QED) is 0.0794. The first kappa shape index (κ1) is 48.6. The van der Waals surface area contributed by atoms with Gasteiger partial charge >= 0.3 is 11.9 Å². The van der Waals surface area contributed by atoms with E-state index in [2.05, 4.69) is 37.1 Å². The number of rotatable bonds is 19. The zero-order valence-electron chi connectivity index (χ0n) is 37.3. The third kappa shape index (κ3) is 12.6. The van der Waals surface area contributed by atoms with Crippen molar-refractivity contribution in [2.45, 2.75) is 59.0 Å². The van der Waals surface area contributed by atoms with Crippen LogP contribution in [0.1, 0.15) is 66.6 Å². The molecule has 2 aliphatic rings. The van der Waals surface area contributed by atoms with E-state index in [4.69, 9.17) is 10.2 Å². The van der Waals surface area contributed by atoms with Crippen LogP contribution in [0.15, 0.2) is 97.1 Å². The Balaban J connectivity index is 0.000000199. The number of carboxylic acid groups (broad SMARTS) is 2. The number of halogens is 2. The van der Waals surface area contributed by atoms with Gasteiger partial charge in [-0.1, -0.05) is 134 Å². The second kappa shape index (κ2) is 22.9. The van der Waals surface area contributed by atoms with Crippen molar-refractivity contribution >= 4 is 56.7 Å². The van der Waals surface area contributed by atoms with Crippen LogP contribution in [-0.2, 0) is 33.9 Å². The van der Waals surface area contributed by atoms with Crippen LogP contribution in [0.2, 0.25) is 0 Å². The van der Waals surface area contributed by atoms with Gasteiger partial charge < -0.3 is 10.2 Å². The lowest BCUT2D eigenvalue weighted by Crippen LogP contribution is -2.49. The molecule has 14 nitrogen and oxygen atoms in total. The molecule has 2 amide bonds. The van der Waals surface area contributed by atoms with Crippen LogP contribution in [-0.4, -0.2) is 103 Å². The fraction of sp³-hybridized carbons (Fsp3) is 0.347. The van der Waals surface area contributed by atoms with Gasteiger partial charge in [0.15, 0.2) is 0 Å². The minimum absolute atomic E-state index is 0.0295. The maximum Gasteiger partial charge on any atom is 0.309 e. The fourth-order valence-electron chi connectivity index (χ4n) is 7.56. The summed E-state index contributed by atoms with van der Waals surface area (Å²) in [6.07, 6.45) is 3.68. The standard InChI is InChI=1S/C25H28N4O3S.C24H24F2N4O3S/c1-2-3-13-29(22(30)14-18-7-5-4-6-8-18)25-27-26-23(33-25)20-11-9-19(10-12-20)15-28-16-21(17-28)24(31)32;1-2-3-11-30(22(31)20-18(25)5-4-6-19(20)26)24-28-27-21(34-24)16-9-7-15(8-10-16)12-29-13-17(14-29)23(32)33/h4-12,21H,2-3,13-17H2,1H3,(H,31,32);4-10,17H,2-3,11-14H2,1H3,(H,32,33). The Bertz CT molecular complexity index is 2600. The van der Waals surface area contributed by atoms with Crippen molar-refractivity contribution < 1.29 is 38.2 Å². The van der Waals surface area contributed by atoms with Crippen molar-refractivity contribution in [1.29, 1.82) is 0 Å². The molecule has 2 saturated heterocycles. The molecule has 4 heterocycles. The van der Waals surface area contributed by atoms with E-state index in [9.17, 15) is 28.0 Å². The smallest absolute Gasteiger partial charge is 0.309 e. The maximum atomic E-state index is 14.2. The highest BCUT2D eigenvalue weighted by Gasteiger charge is 2.33. The predicted octanol–water partition coefficient (Wildman–Crippen LogP) is 8.54. The first-order valence-electron chi connectivity index (χ1n) is 22.3. The SMILES string of the molecule is CCCCN(C(=O)Cc1ccccc1)c1nnc(-c2ccc(CN3CC(C(=O)O)C3)cc2)s1.CCCCN(C(=O)c1c(F)cccc1F)c1nnc(-c2ccc(CN3CC(C(=O)O)C3)cc2)s1. The number of likely N-dealkylation sites (tertiary alicyclic amines) is 2. The summed E-state index contributed by atoms with van der Waals surface area (Å²) in [7, 11) is 0. The maximum absolute atomic E-state index is 14.2. The van der Waals surface area contributed by atoms with E-state index in [-0.39, 0.29) is 29.4 Å². The van der Waals surface area contributed by atoms with Gasteiger partial charge in [-0.05, 0) is 41.7 Å². The lowest BCUT2D eigenvalue weighted by atomic mass is 9.99. The third-order valence-electron chi connectivity index (χ3n) is 11.5. The van der Waals surface area contributed by atoms with Gasteiger partial charge in [-0.25, -0.2) is 8.78 Å². The van der Waals surface area contributed by atoms with E-state index in [0.717, 1.165) is 70.8 Å². The van der Waals surface area contributed by atoms with Crippen LogP contribution in [0.4, 0.5) is 19.0 Å². The summed E-state index contributed by atoms with van der Waals surface area (Å²) in [6.45, 7) is 8.65. The van der Waals surface area contributed by atoms with E-state index in [1.165, 1.54) is 33.6 Å². The Labute approximate surface area is 395 Å². The lowest BCUT2D eigenvalue weighted by molar-refractivity contribution is -0.148. The first-order chi connectivity index (χ1) is 32.4. The number of aromatic nitrogens is 4. The molecular formula is C49H52F2N8O6S2. The highest BCUT2D eigenvalue weighted by Crippen LogP contribution is 2.33. The Morgan fingerprint density at radius 1 is 0.597 bits per heavy atom. The molecule has 2 fully saturated rings. The molecule has 18 heteroatoms. The van der Waals surface area contributed by atoms with Crippen LogP contribution in [0, 0.1) is 23.5 Å². The molecular weight excluding hydrogens is 899 g/mol. The molecule has 0 radical (unpaired) electrons. The second-order valence-electron chi connectivity index (χ2n) is 16.6. The molecule has 350 valence electrons. The van der Waals surface area contributed by atoms with E-state index in [0.29, 0.717) is 62.2 Å². The van der Waals surface area contributed by atoms with Crippen LogP contribution in [0.25, 0.3) is 21.1 Å². The summed E-state index contributed by atoms with van der Waals surface area (Å²) >= 11 is 2.61. The Morgan fingerprint density at radius 2 is 1.04 bits per heavy atom. The highest BCUT2D eigenvalue weighted by atomic mass is 32.1. The van der Waals surface area contributed by atoms with Gasteiger partial charge in [0.2, 0.25) is 16.2 Å². The number of hydrogen-bond acceptors (Lipinski definition) is 12. The average molecular weight is 951 g/mol. The van der Waals surface area contributed by atoms with Gasteiger partial charge in [0.05, 0.1) is 18.3 Å². The molecule has 0 unspecified atom stereocenters. The van der Waals surface area contributed by atoms with Crippen molar-refractivity contribution in [3.05, 3.63) is 131 Å². The Morgan fingerprint density at radius 3 is 1.49 bits per heavy atom. The van der Waals surface area contributed by atoms with Crippen molar-refractivity contribution in [3.8, 4) is 21.1 Å². The van der Waals surface area contributed by atoms with E-state index >= 15 is 0 Å². The molecule has 0 atom stereocenters. The third-order valence-corrected chi connectivity index (χ3v) is 13.5. The van der Waals surface area contributed by atoms with Crippen LogP contribution >= 0.6 is 22.7 Å². The summed E-state index contributed by atoms with van der Waals surface area (Å²) in [6, 6.07) is 28.9. The van der Waals surface area contributed by atoms with E-state index in [1.807, 2.05) is 85.8 Å². The first-order valence-corrected chi connectivity index (χ1v) is 23.9. The molecule has 0 aliphatic carbocycles. The molecule has 2 N–H and O–H groups in total. The second-order valence-corrected chi connectivity index (χ2v) is 18.5. The molecule has 67 heavy (non-hydrogen) atoms. The summed E-state index contributed by atoms with van der Waals surface area (Å²) < 4.78 is 28.5. The molecule has 6 aromatic rings. The number of nitrogens with zero attached hydrogens (tertiary/aromatic N) is 8. The van der Waals surface area contributed by atoms with Crippen molar-refractivity contribution in [2.24, 2.45) is 11.8 Å². The topological polar surface area (TPSA) is 173 Å². The average Bonchev–Trinajstić information content (AvgIpc) is 3.98. The number of unbranched alkanes of at least 4 members (excludes halogenated alkanes) is 2. The zero-order valence-corrected chi connectivity index (χ0v) is 38.9. The van der Waals surface area contributed by atoms with Crippen molar-refractivity contribution in [1.82, 2.24) is 30.2 Å². The lowest BCUT2D eigenvalue weighted by Gasteiger charge is -2.36. The number of benzene rings is 4. The summed E-state index contributed by atoms with van der Waals surface area (Å²) in [5.41, 5.74) is 4.33. The number of amides is 2. The van der Waals surface area contributed by atoms with Gasteiger partial charge in [0.1, 0.15) is 27.2 Å². The van der Waals surface area contributed by atoms with Crippen molar-refractivity contribution in [2.75, 3.05) is 49.1 Å². The van der Waals surface area contributed by atoms with E-state index < -0.39 is 35.0 Å². The number of carboxylic acids is 2. The number of carbonyl (C=O) groups is 4. The fourth-order valence-corrected chi connectivity index (χ4v) is 9.33. The van der Waals surface area contributed by atoms with Gasteiger partial charge in [0, 0.05) is 63.5 Å². The monoisotopic (exact) mass is 950 g/mol. The normalized spacial score (nSPS) is 14.1. The Hall–Kier alpha value is -6.34. The minimum atomic E-state index is -0.913. The number of anilines is 2.